The van der Waals surface area contributed by atoms with Crippen molar-refractivity contribution in [3.63, 3.8) is 0 Å². The lowest BCUT2D eigenvalue weighted by Crippen LogP contribution is -2.33. The van der Waals surface area contributed by atoms with Crippen molar-refractivity contribution in [3.8, 4) is 5.69 Å². The van der Waals surface area contributed by atoms with Gasteiger partial charge in [0.15, 0.2) is 5.16 Å². The van der Waals surface area contributed by atoms with E-state index in [-0.39, 0.29) is 23.3 Å². The van der Waals surface area contributed by atoms with Gasteiger partial charge in [0.05, 0.1) is 16.8 Å². The van der Waals surface area contributed by atoms with E-state index in [1.54, 1.807) is 15.9 Å². The third-order valence-corrected chi connectivity index (χ3v) is 6.94. The predicted octanol–water partition coefficient (Wildman–Crippen LogP) is 4.63. The number of carbonyl (C=O) groups is 1. The number of aryl methyl sites for hydroxylation is 3. The quantitative estimate of drug-likeness (QED) is 0.439. The molecule has 154 valence electrons. The number of nitrogens with zero attached hydrogens (tertiary/aromatic N) is 2. The smallest absolute Gasteiger partial charge is 0.267 e. The van der Waals surface area contributed by atoms with Gasteiger partial charge < -0.3 is 5.32 Å². The van der Waals surface area contributed by atoms with Gasteiger partial charge in [-0.15, -0.1) is 11.3 Å². The molecule has 0 aliphatic heterocycles. The molecule has 0 fully saturated rings. The summed E-state index contributed by atoms with van der Waals surface area (Å²) in [5.41, 5.74) is 2.85. The first-order chi connectivity index (χ1) is 13.8. The van der Waals surface area contributed by atoms with Crippen molar-refractivity contribution in [2.75, 3.05) is 5.75 Å². The number of amides is 1. The van der Waals surface area contributed by atoms with Gasteiger partial charge in [0.2, 0.25) is 5.91 Å². The summed E-state index contributed by atoms with van der Waals surface area (Å²) in [5, 5.41) is 4.22. The highest BCUT2D eigenvalue weighted by Gasteiger charge is 2.20. The Balaban J connectivity index is 2.11. The second-order valence-electron chi connectivity index (χ2n) is 7.21. The van der Waals surface area contributed by atoms with Gasteiger partial charge in [-0.25, -0.2) is 4.98 Å². The Morgan fingerprint density at radius 1 is 1.31 bits per heavy atom. The molecule has 3 aromatic rings. The average molecular weight is 430 g/mol. The summed E-state index contributed by atoms with van der Waals surface area (Å²) < 4.78 is 1.65. The van der Waals surface area contributed by atoms with E-state index in [4.69, 9.17) is 4.98 Å². The van der Waals surface area contributed by atoms with Crippen molar-refractivity contribution in [2.24, 2.45) is 0 Å². The summed E-state index contributed by atoms with van der Waals surface area (Å²) in [7, 11) is 0. The molecule has 0 spiro atoms. The molecular formula is C22H27N3O2S2. The highest BCUT2D eigenvalue weighted by atomic mass is 32.2. The van der Waals surface area contributed by atoms with Crippen LogP contribution in [0.4, 0.5) is 0 Å². The van der Waals surface area contributed by atoms with Crippen molar-refractivity contribution >= 4 is 39.2 Å². The third kappa shape index (κ3) is 4.56. The first kappa shape index (κ1) is 21.6. The van der Waals surface area contributed by atoms with Crippen LogP contribution in [0.2, 0.25) is 0 Å². The zero-order valence-corrected chi connectivity index (χ0v) is 19.2. The van der Waals surface area contributed by atoms with E-state index < -0.39 is 0 Å². The minimum Gasteiger partial charge on any atom is -0.353 e. The minimum absolute atomic E-state index is 0.0499. The van der Waals surface area contributed by atoms with E-state index in [1.165, 1.54) is 11.8 Å². The normalized spacial score (nSPS) is 12.3. The van der Waals surface area contributed by atoms with Gasteiger partial charge >= 0.3 is 0 Å². The predicted molar refractivity (Wildman–Crippen MR) is 123 cm³/mol. The van der Waals surface area contributed by atoms with Gasteiger partial charge in [-0.05, 0) is 56.9 Å². The molecular weight excluding hydrogens is 402 g/mol. The third-order valence-electron chi connectivity index (χ3n) is 4.96. The molecule has 2 heterocycles. The van der Waals surface area contributed by atoms with Gasteiger partial charge in [-0.1, -0.05) is 37.7 Å². The van der Waals surface area contributed by atoms with E-state index >= 15 is 0 Å². The summed E-state index contributed by atoms with van der Waals surface area (Å²) in [6.07, 6.45) is 1.67. The minimum atomic E-state index is -0.0633. The maximum Gasteiger partial charge on any atom is 0.267 e. The number of aromatic nitrogens is 2. The van der Waals surface area contributed by atoms with Gasteiger partial charge in [-0.3, -0.25) is 14.2 Å². The summed E-state index contributed by atoms with van der Waals surface area (Å²) in [6, 6.07) is 7.95. The number of carbonyl (C=O) groups excluding carboxylic acids is 1. The van der Waals surface area contributed by atoms with Crippen LogP contribution in [0.3, 0.4) is 0 Å². The second kappa shape index (κ2) is 9.13. The molecule has 0 aliphatic rings. The highest BCUT2D eigenvalue weighted by Crippen LogP contribution is 2.30. The van der Waals surface area contributed by atoms with Crippen LogP contribution in [0.5, 0.6) is 0 Å². The zero-order chi connectivity index (χ0) is 21.1. The molecule has 1 N–H and O–H groups in total. The lowest BCUT2D eigenvalue weighted by atomic mass is 10.1. The first-order valence-electron chi connectivity index (χ1n) is 9.89. The van der Waals surface area contributed by atoms with E-state index in [9.17, 15) is 9.59 Å². The molecule has 0 saturated carbocycles. The standard InChI is InChI=1S/C22H27N3O2S2/c1-6-14(4)23-18(26)12-28-22-24-20-19(17(7-2)15(5)29-20)21(27)25(22)16-10-8-9-13(3)11-16/h8-11,14H,6-7,12H2,1-5H3,(H,23,26). The number of fused-ring (bicyclic) bond motifs is 1. The molecule has 0 saturated heterocycles. The molecule has 0 bridgehead atoms. The van der Waals surface area contributed by atoms with E-state index in [1.807, 2.05) is 52.0 Å². The largest absolute Gasteiger partial charge is 0.353 e. The average Bonchev–Trinajstić information content (AvgIpc) is 3.01. The molecule has 1 unspecified atom stereocenters. The highest BCUT2D eigenvalue weighted by molar-refractivity contribution is 7.99. The Hall–Kier alpha value is -2.12. The van der Waals surface area contributed by atoms with Crippen LogP contribution in [-0.2, 0) is 11.2 Å². The van der Waals surface area contributed by atoms with Crippen molar-refractivity contribution in [1.29, 1.82) is 0 Å². The Morgan fingerprint density at radius 3 is 2.72 bits per heavy atom. The van der Waals surface area contributed by atoms with E-state index in [2.05, 4.69) is 12.2 Å². The molecule has 29 heavy (non-hydrogen) atoms. The summed E-state index contributed by atoms with van der Waals surface area (Å²) in [5.74, 6) is 0.171. The second-order valence-corrected chi connectivity index (χ2v) is 9.36. The lowest BCUT2D eigenvalue weighted by Gasteiger charge is -2.14. The number of nitrogens with one attached hydrogen (secondary N) is 1. The molecule has 1 amide bonds. The van der Waals surface area contributed by atoms with Crippen molar-refractivity contribution in [1.82, 2.24) is 14.9 Å². The summed E-state index contributed by atoms with van der Waals surface area (Å²) >= 11 is 2.86. The monoisotopic (exact) mass is 429 g/mol. The molecule has 1 atom stereocenters. The number of thioether (sulfide) groups is 1. The first-order valence-corrected chi connectivity index (χ1v) is 11.7. The van der Waals surface area contributed by atoms with Gasteiger partial charge in [-0.2, -0.15) is 0 Å². The topological polar surface area (TPSA) is 64.0 Å². The molecule has 7 heteroatoms. The Bertz CT molecular complexity index is 1100. The fourth-order valence-corrected chi connectivity index (χ4v) is 5.24. The van der Waals surface area contributed by atoms with Crippen LogP contribution >= 0.6 is 23.1 Å². The number of rotatable bonds is 7. The lowest BCUT2D eigenvalue weighted by molar-refractivity contribution is -0.119. The fraction of sp³-hybridized carbons (Fsp3) is 0.409. The molecule has 0 aliphatic carbocycles. The summed E-state index contributed by atoms with van der Waals surface area (Å²) in [6.45, 7) is 10.1. The summed E-state index contributed by atoms with van der Waals surface area (Å²) in [4.78, 5) is 32.5. The van der Waals surface area contributed by atoms with Crippen LogP contribution in [0.15, 0.2) is 34.2 Å². The fourth-order valence-electron chi connectivity index (χ4n) is 3.26. The van der Waals surface area contributed by atoms with Crippen molar-refractivity contribution < 1.29 is 4.79 Å². The van der Waals surface area contributed by atoms with E-state index in [0.29, 0.717) is 10.5 Å². The van der Waals surface area contributed by atoms with Crippen LogP contribution in [-0.4, -0.2) is 27.3 Å². The number of benzene rings is 1. The van der Waals surface area contributed by atoms with Crippen molar-refractivity contribution in [2.45, 2.75) is 58.7 Å². The number of hydrogen-bond donors (Lipinski definition) is 1. The molecule has 0 radical (unpaired) electrons. The van der Waals surface area contributed by atoms with Gasteiger partial charge in [0.25, 0.3) is 5.56 Å². The number of hydrogen-bond acceptors (Lipinski definition) is 5. The zero-order valence-electron chi connectivity index (χ0n) is 17.5. The maximum absolute atomic E-state index is 13.5. The van der Waals surface area contributed by atoms with E-state index in [0.717, 1.165) is 39.4 Å². The number of thiophene rings is 1. The Morgan fingerprint density at radius 2 is 2.07 bits per heavy atom. The van der Waals surface area contributed by atoms with Gasteiger partial charge in [0.1, 0.15) is 4.83 Å². The Labute approximate surface area is 179 Å². The SMILES string of the molecule is CCc1c(C)sc2nc(SCC(=O)NC(C)CC)n(-c3cccc(C)c3)c(=O)c12. The molecule has 1 aromatic carbocycles. The van der Waals surface area contributed by atoms with Crippen LogP contribution in [0, 0.1) is 13.8 Å². The van der Waals surface area contributed by atoms with Crippen LogP contribution in [0.1, 0.15) is 43.2 Å². The van der Waals surface area contributed by atoms with Crippen LogP contribution < -0.4 is 10.9 Å². The molecule has 2 aromatic heterocycles. The molecule has 5 nitrogen and oxygen atoms in total. The van der Waals surface area contributed by atoms with Gasteiger partial charge in [0, 0.05) is 10.9 Å². The maximum atomic E-state index is 13.5. The van der Waals surface area contributed by atoms with Crippen molar-refractivity contribution in [3.05, 3.63) is 50.6 Å². The Kier molecular flexibility index (Phi) is 6.80. The van der Waals surface area contributed by atoms with Crippen LogP contribution in [0.25, 0.3) is 15.9 Å². The molecule has 3 rings (SSSR count).